The molecule has 1 aromatic rings. The number of hydrogen-bond donors (Lipinski definition) is 0. The normalized spacial score (nSPS) is 19.5. The molecule has 0 unspecified atom stereocenters. The van der Waals surface area contributed by atoms with E-state index in [1.165, 1.54) is 37.3 Å². The van der Waals surface area contributed by atoms with Crippen molar-refractivity contribution < 1.29 is 13.2 Å². The molecular weight excluding hydrogens is 338 g/mol. The molecule has 138 valence electrons. The first-order valence-electron chi connectivity index (χ1n) is 8.79. The van der Waals surface area contributed by atoms with Crippen molar-refractivity contribution in [3.8, 4) is 0 Å². The zero-order chi connectivity index (χ0) is 18.4. The summed E-state index contributed by atoms with van der Waals surface area (Å²) in [4.78, 5) is 17.4. The van der Waals surface area contributed by atoms with E-state index in [1.807, 2.05) is 11.8 Å². The van der Waals surface area contributed by atoms with E-state index in [-0.39, 0.29) is 10.8 Å². The standard InChI is InChI=1S/C18H27N3O3S/c1-13-11-15(12-17(14(13)2)25(23,24)19(3)4)18(22)21-9-7-20(8-10-21)16-5-6-16/h11-12,16H,5-10H2,1-4H3. The summed E-state index contributed by atoms with van der Waals surface area (Å²) >= 11 is 0. The molecule has 2 aliphatic rings. The van der Waals surface area contributed by atoms with E-state index in [2.05, 4.69) is 4.90 Å². The van der Waals surface area contributed by atoms with Gasteiger partial charge in [0.1, 0.15) is 0 Å². The Bertz CT molecular complexity index is 777. The predicted molar refractivity (Wildman–Crippen MR) is 97.3 cm³/mol. The van der Waals surface area contributed by atoms with E-state index < -0.39 is 10.0 Å². The number of nitrogens with zero attached hydrogens (tertiary/aromatic N) is 3. The average Bonchev–Trinajstić information content (AvgIpc) is 3.41. The Morgan fingerprint density at radius 3 is 2.20 bits per heavy atom. The number of rotatable bonds is 4. The SMILES string of the molecule is Cc1cc(C(=O)N2CCN(C3CC3)CC2)cc(S(=O)(=O)N(C)C)c1C. The van der Waals surface area contributed by atoms with Gasteiger partial charge in [-0.3, -0.25) is 9.69 Å². The number of carbonyl (C=O) groups excluding carboxylic acids is 1. The number of amides is 1. The molecule has 6 nitrogen and oxygen atoms in total. The first-order valence-corrected chi connectivity index (χ1v) is 10.2. The van der Waals surface area contributed by atoms with Gasteiger partial charge in [0, 0.05) is 51.9 Å². The van der Waals surface area contributed by atoms with Crippen molar-refractivity contribution in [3.05, 3.63) is 28.8 Å². The summed E-state index contributed by atoms with van der Waals surface area (Å²) in [6.45, 7) is 6.87. The molecular formula is C18H27N3O3S. The summed E-state index contributed by atoms with van der Waals surface area (Å²) in [5.41, 5.74) is 1.98. The molecule has 0 bridgehead atoms. The quantitative estimate of drug-likeness (QED) is 0.811. The maximum atomic E-state index is 12.9. The average molecular weight is 365 g/mol. The Kier molecular flexibility index (Phi) is 4.92. The Morgan fingerprint density at radius 1 is 1.08 bits per heavy atom. The van der Waals surface area contributed by atoms with Gasteiger partial charge < -0.3 is 4.90 Å². The van der Waals surface area contributed by atoms with Crippen LogP contribution >= 0.6 is 0 Å². The Hall–Kier alpha value is -1.44. The highest BCUT2D eigenvalue weighted by Crippen LogP contribution is 2.28. The summed E-state index contributed by atoms with van der Waals surface area (Å²) < 4.78 is 26.3. The maximum Gasteiger partial charge on any atom is 0.253 e. The molecule has 1 aromatic carbocycles. The molecule has 1 aliphatic carbocycles. The molecule has 0 atom stereocenters. The van der Waals surface area contributed by atoms with Gasteiger partial charge in [-0.25, -0.2) is 12.7 Å². The number of piperazine rings is 1. The van der Waals surface area contributed by atoms with Crippen molar-refractivity contribution in [1.82, 2.24) is 14.1 Å². The van der Waals surface area contributed by atoms with Crippen LogP contribution in [-0.2, 0) is 10.0 Å². The van der Waals surface area contributed by atoms with Crippen LogP contribution in [0.15, 0.2) is 17.0 Å². The summed E-state index contributed by atoms with van der Waals surface area (Å²) in [6, 6.07) is 4.06. The van der Waals surface area contributed by atoms with Crippen LogP contribution in [0.5, 0.6) is 0 Å². The summed E-state index contributed by atoms with van der Waals surface area (Å²) in [6.07, 6.45) is 2.55. The molecule has 0 N–H and O–H groups in total. The second-order valence-corrected chi connectivity index (χ2v) is 9.38. The summed E-state index contributed by atoms with van der Waals surface area (Å²) in [7, 11) is -0.555. The van der Waals surface area contributed by atoms with Crippen LogP contribution in [0.1, 0.15) is 34.3 Å². The van der Waals surface area contributed by atoms with Crippen LogP contribution < -0.4 is 0 Å². The highest BCUT2D eigenvalue weighted by Gasteiger charge is 2.33. The van der Waals surface area contributed by atoms with E-state index in [0.717, 1.165) is 24.7 Å². The third kappa shape index (κ3) is 3.59. The maximum absolute atomic E-state index is 12.9. The van der Waals surface area contributed by atoms with Crippen molar-refractivity contribution in [1.29, 1.82) is 0 Å². The monoisotopic (exact) mass is 365 g/mol. The van der Waals surface area contributed by atoms with Crippen molar-refractivity contribution in [3.63, 3.8) is 0 Å². The Labute approximate surface area is 150 Å². The van der Waals surface area contributed by atoms with Crippen LogP contribution in [0.3, 0.4) is 0 Å². The van der Waals surface area contributed by atoms with Gasteiger partial charge in [0.05, 0.1) is 4.90 Å². The van der Waals surface area contributed by atoms with Crippen LogP contribution in [0, 0.1) is 13.8 Å². The van der Waals surface area contributed by atoms with E-state index in [4.69, 9.17) is 0 Å². The van der Waals surface area contributed by atoms with E-state index in [0.29, 0.717) is 24.2 Å². The number of hydrogen-bond acceptors (Lipinski definition) is 4. The third-order valence-corrected chi connectivity index (χ3v) is 7.23. The molecule has 25 heavy (non-hydrogen) atoms. The van der Waals surface area contributed by atoms with Crippen molar-refractivity contribution in [2.24, 2.45) is 0 Å². The van der Waals surface area contributed by atoms with E-state index in [1.54, 1.807) is 13.0 Å². The first-order chi connectivity index (χ1) is 11.7. The molecule has 0 radical (unpaired) electrons. The van der Waals surface area contributed by atoms with Crippen molar-refractivity contribution in [2.75, 3.05) is 40.3 Å². The van der Waals surface area contributed by atoms with Crippen molar-refractivity contribution >= 4 is 15.9 Å². The van der Waals surface area contributed by atoms with Gasteiger partial charge in [-0.15, -0.1) is 0 Å². The second kappa shape index (κ2) is 6.70. The van der Waals surface area contributed by atoms with Gasteiger partial charge in [-0.2, -0.15) is 0 Å². The fraction of sp³-hybridized carbons (Fsp3) is 0.611. The molecule has 1 saturated heterocycles. The minimum absolute atomic E-state index is 0.0752. The van der Waals surface area contributed by atoms with Crippen LogP contribution in [0.2, 0.25) is 0 Å². The van der Waals surface area contributed by atoms with E-state index >= 15 is 0 Å². The highest BCUT2D eigenvalue weighted by molar-refractivity contribution is 7.89. The zero-order valence-corrected chi connectivity index (χ0v) is 16.3. The lowest BCUT2D eigenvalue weighted by Crippen LogP contribution is -2.49. The number of benzene rings is 1. The molecule has 0 aromatic heterocycles. The molecule has 1 saturated carbocycles. The van der Waals surface area contributed by atoms with Gasteiger partial charge in [-0.05, 0) is 49.9 Å². The molecule has 7 heteroatoms. The third-order valence-electron chi connectivity index (χ3n) is 5.29. The summed E-state index contributed by atoms with van der Waals surface area (Å²) in [5.74, 6) is -0.0752. The molecule has 1 amide bonds. The Balaban J connectivity index is 1.84. The van der Waals surface area contributed by atoms with Crippen LogP contribution in [0.4, 0.5) is 0 Å². The lowest BCUT2D eigenvalue weighted by Gasteiger charge is -2.35. The summed E-state index contributed by atoms with van der Waals surface area (Å²) in [5, 5.41) is 0. The first kappa shape index (κ1) is 18.4. The van der Waals surface area contributed by atoms with Crippen LogP contribution in [-0.4, -0.2) is 74.7 Å². The number of aryl methyl sites for hydroxylation is 1. The van der Waals surface area contributed by atoms with Crippen LogP contribution in [0.25, 0.3) is 0 Å². The molecule has 1 aliphatic heterocycles. The van der Waals surface area contributed by atoms with Crippen molar-refractivity contribution in [2.45, 2.75) is 37.6 Å². The smallest absolute Gasteiger partial charge is 0.253 e. The second-order valence-electron chi connectivity index (χ2n) is 7.26. The van der Waals surface area contributed by atoms with Gasteiger partial charge in [0.25, 0.3) is 5.91 Å². The predicted octanol–water partition coefficient (Wildman–Crippen LogP) is 1.47. The fourth-order valence-electron chi connectivity index (χ4n) is 3.33. The molecule has 2 fully saturated rings. The fourth-order valence-corrected chi connectivity index (χ4v) is 4.54. The molecule has 0 spiro atoms. The minimum Gasteiger partial charge on any atom is -0.336 e. The topological polar surface area (TPSA) is 60.9 Å². The minimum atomic E-state index is -3.57. The molecule has 3 rings (SSSR count). The lowest BCUT2D eigenvalue weighted by molar-refractivity contribution is 0.0627. The number of sulfonamides is 1. The van der Waals surface area contributed by atoms with Gasteiger partial charge in [-0.1, -0.05) is 0 Å². The highest BCUT2D eigenvalue weighted by atomic mass is 32.2. The zero-order valence-electron chi connectivity index (χ0n) is 15.4. The van der Waals surface area contributed by atoms with Gasteiger partial charge >= 0.3 is 0 Å². The lowest BCUT2D eigenvalue weighted by atomic mass is 10.0. The number of carbonyl (C=O) groups is 1. The van der Waals surface area contributed by atoms with E-state index in [9.17, 15) is 13.2 Å². The largest absolute Gasteiger partial charge is 0.336 e. The van der Waals surface area contributed by atoms with Gasteiger partial charge in [0.15, 0.2) is 0 Å². The molecule has 1 heterocycles. The van der Waals surface area contributed by atoms with Gasteiger partial charge in [0.2, 0.25) is 10.0 Å². The Morgan fingerprint density at radius 2 is 1.68 bits per heavy atom.